The van der Waals surface area contributed by atoms with Gasteiger partial charge in [0.25, 0.3) is 0 Å². The number of imidazole rings is 1. The van der Waals surface area contributed by atoms with E-state index in [1.807, 2.05) is 28.8 Å². The summed E-state index contributed by atoms with van der Waals surface area (Å²) in [5.74, 6) is 0.855. The Morgan fingerprint density at radius 3 is 2.81 bits per heavy atom. The van der Waals surface area contributed by atoms with Gasteiger partial charge in [-0.15, -0.1) is 0 Å². The summed E-state index contributed by atoms with van der Waals surface area (Å²) < 4.78 is 2.04. The summed E-state index contributed by atoms with van der Waals surface area (Å²) in [4.78, 5) is 9.19. The fraction of sp³-hybridized carbons (Fsp3) is 0.500. The summed E-state index contributed by atoms with van der Waals surface area (Å²) in [6, 6.07) is 6.02. The highest BCUT2D eigenvalue weighted by atomic mass is 15.2. The molecule has 114 valence electrons. The van der Waals surface area contributed by atoms with E-state index in [0.29, 0.717) is 0 Å². The van der Waals surface area contributed by atoms with Gasteiger partial charge in [0.2, 0.25) is 0 Å². The van der Waals surface area contributed by atoms with Gasteiger partial charge in [-0.05, 0) is 39.8 Å². The Balaban J connectivity index is 1.98. The first-order valence-electron chi connectivity index (χ1n) is 7.47. The third-order valence-corrected chi connectivity index (χ3v) is 2.89. The largest absolute Gasteiger partial charge is 0.357 e. The minimum atomic E-state index is 0.00406. The van der Waals surface area contributed by atoms with Crippen LogP contribution in [0.4, 0.5) is 0 Å². The zero-order valence-corrected chi connectivity index (χ0v) is 13.3. The molecule has 2 heterocycles. The molecular weight excluding hydrogens is 262 g/mol. The molecule has 0 fully saturated rings. The van der Waals surface area contributed by atoms with E-state index in [4.69, 9.17) is 0 Å². The van der Waals surface area contributed by atoms with Crippen LogP contribution < -0.4 is 10.6 Å². The second-order valence-corrected chi connectivity index (χ2v) is 6.08. The second-order valence-electron chi connectivity index (χ2n) is 6.08. The molecule has 0 aromatic carbocycles. The maximum absolute atomic E-state index is 4.61. The Bertz CT molecular complexity index is 573. The number of aromatic nitrogens is 2. The van der Waals surface area contributed by atoms with E-state index >= 15 is 0 Å². The molecule has 0 spiro atoms. The molecule has 0 saturated heterocycles. The fourth-order valence-electron chi connectivity index (χ4n) is 2.05. The van der Waals surface area contributed by atoms with Gasteiger partial charge in [0.1, 0.15) is 5.65 Å². The molecule has 21 heavy (non-hydrogen) atoms. The van der Waals surface area contributed by atoms with Gasteiger partial charge in [-0.3, -0.25) is 4.99 Å². The van der Waals surface area contributed by atoms with Crippen LogP contribution in [0.15, 0.2) is 35.6 Å². The molecule has 0 radical (unpaired) electrons. The number of guanidine groups is 1. The third-order valence-electron chi connectivity index (χ3n) is 2.89. The van der Waals surface area contributed by atoms with Gasteiger partial charge in [-0.1, -0.05) is 6.07 Å². The lowest BCUT2D eigenvalue weighted by Crippen LogP contribution is -2.47. The zero-order chi connectivity index (χ0) is 15.3. The third kappa shape index (κ3) is 4.77. The molecule has 2 aromatic rings. The summed E-state index contributed by atoms with van der Waals surface area (Å²) >= 11 is 0. The second kappa shape index (κ2) is 6.61. The van der Waals surface area contributed by atoms with Crippen molar-refractivity contribution in [3.05, 3.63) is 36.3 Å². The van der Waals surface area contributed by atoms with E-state index < -0.39 is 0 Å². The van der Waals surface area contributed by atoms with Crippen molar-refractivity contribution in [1.29, 1.82) is 0 Å². The van der Waals surface area contributed by atoms with Crippen molar-refractivity contribution in [3.8, 4) is 0 Å². The topological polar surface area (TPSA) is 53.7 Å². The number of fused-ring (bicyclic) bond motifs is 1. The number of nitrogens with zero attached hydrogens (tertiary/aromatic N) is 3. The number of hydrogen-bond donors (Lipinski definition) is 2. The number of nitrogens with one attached hydrogen (secondary N) is 2. The summed E-state index contributed by atoms with van der Waals surface area (Å²) in [6.45, 7) is 10.0. The summed E-state index contributed by atoms with van der Waals surface area (Å²) in [7, 11) is 0. The van der Waals surface area contributed by atoms with Gasteiger partial charge in [0.15, 0.2) is 5.96 Å². The van der Waals surface area contributed by atoms with Gasteiger partial charge >= 0.3 is 0 Å². The lowest BCUT2D eigenvalue weighted by molar-refractivity contribution is 0.501. The Morgan fingerprint density at radius 2 is 2.14 bits per heavy atom. The molecule has 0 unspecified atom stereocenters. The average molecular weight is 287 g/mol. The Labute approximate surface area is 126 Å². The first kappa shape index (κ1) is 15.4. The smallest absolute Gasteiger partial charge is 0.191 e. The number of pyridine rings is 1. The van der Waals surface area contributed by atoms with E-state index in [1.165, 1.54) is 0 Å². The predicted molar refractivity (Wildman–Crippen MR) is 87.8 cm³/mol. The highest BCUT2D eigenvalue weighted by Crippen LogP contribution is 2.05. The lowest BCUT2D eigenvalue weighted by Gasteiger charge is -2.23. The van der Waals surface area contributed by atoms with Crippen LogP contribution >= 0.6 is 0 Å². The molecule has 5 nitrogen and oxygen atoms in total. The van der Waals surface area contributed by atoms with Crippen LogP contribution in [0.1, 0.15) is 33.4 Å². The van der Waals surface area contributed by atoms with E-state index in [1.54, 1.807) is 0 Å². The molecule has 0 amide bonds. The summed E-state index contributed by atoms with van der Waals surface area (Å²) in [5, 5.41) is 6.65. The number of hydrogen-bond acceptors (Lipinski definition) is 2. The van der Waals surface area contributed by atoms with Crippen LogP contribution in [0.2, 0.25) is 0 Å². The van der Waals surface area contributed by atoms with Crippen LogP contribution in [-0.4, -0.2) is 34.0 Å². The van der Waals surface area contributed by atoms with E-state index in [0.717, 1.165) is 36.8 Å². The molecule has 2 N–H and O–H groups in total. The van der Waals surface area contributed by atoms with Crippen LogP contribution in [0, 0.1) is 0 Å². The molecule has 0 saturated carbocycles. The molecule has 5 heteroatoms. The first-order valence-corrected chi connectivity index (χ1v) is 7.47. The molecule has 2 aromatic heterocycles. The van der Waals surface area contributed by atoms with E-state index in [2.05, 4.69) is 54.5 Å². The molecule has 0 bridgehead atoms. The van der Waals surface area contributed by atoms with Crippen LogP contribution in [-0.2, 0) is 6.42 Å². The summed E-state index contributed by atoms with van der Waals surface area (Å²) in [6.07, 6.45) is 4.91. The Kier molecular flexibility index (Phi) is 4.83. The maximum Gasteiger partial charge on any atom is 0.191 e. The Hall–Kier alpha value is -2.04. The highest BCUT2D eigenvalue weighted by molar-refractivity contribution is 5.80. The molecule has 0 aliphatic carbocycles. The van der Waals surface area contributed by atoms with Gasteiger partial charge in [-0.25, -0.2) is 4.98 Å². The van der Waals surface area contributed by atoms with Crippen molar-refractivity contribution < 1.29 is 0 Å². The summed E-state index contributed by atoms with van der Waals surface area (Å²) in [5.41, 5.74) is 2.05. The molecular formula is C16H25N5. The van der Waals surface area contributed by atoms with Gasteiger partial charge in [-0.2, -0.15) is 0 Å². The number of aliphatic imine (C=N–C) groups is 1. The van der Waals surface area contributed by atoms with E-state index in [-0.39, 0.29) is 5.54 Å². The monoisotopic (exact) mass is 287 g/mol. The van der Waals surface area contributed by atoms with Gasteiger partial charge in [0.05, 0.1) is 5.69 Å². The van der Waals surface area contributed by atoms with Gasteiger partial charge < -0.3 is 15.0 Å². The minimum Gasteiger partial charge on any atom is -0.357 e. The average Bonchev–Trinajstić information content (AvgIpc) is 2.79. The van der Waals surface area contributed by atoms with E-state index in [9.17, 15) is 0 Å². The Morgan fingerprint density at radius 1 is 1.33 bits per heavy atom. The SMILES string of the molecule is CCNC(=NCCc1cn2ccccc2n1)NC(C)(C)C. The number of rotatable bonds is 4. The fourth-order valence-corrected chi connectivity index (χ4v) is 2.05. The zero-order valence-electron chi connectivity index (χ0n) is 13.3. The van der Waals surface area contributed by atoms with Crippen molar-refractivity contribution in [2.75, 3.05) is 13.1 Å². The normalized spacial score (nSPS) is 12.7. The van der Waals surface area contributed by atoms with Crippen LogP contribution in [0.5, 0.6) is 0 Å². The lowest BCUT2D eigenvalue weighted by atomic mass is 10.1. The maximum atomic E-state index is 4.61. The van der Waals surface area contributed by atoms with Crippen molar-refractivity contribution in [1.82, 2.24) is 20.0 Å². The van der Waals surface area contributed by atoms with Crippen molar-refractivity contribution in [3.63, 3.8) is 0 Å². The van der Waals surface area contributed by atoms with Crippen LogP contribution in [0.25, 0.3) is 5.65 Å². The molecule has 0 aliphatic rings. The van der Waals surface area contributed by atoms with Crippen molar-refractivity contribution >= 4 is 11.6 Å². The predicted octanol–water partition coefficient (Wildman–Crippen LogP) is 2.23. The molecule has 0 atom stereocenters. The van der Waals surface area contributed by atoms with Crippen LogP contribution in [0.3, 0.4) is 0 Å². The standard InChI is InChI=1S/C16H25N5/c1-5-17-15(20-16(2,3)4)18-10-9-13-12-21-11-7-6-8-14(21)19-13/h6-8,11-12H,5,9-10H2,1-4H3,(H2,17,18,20). The van der Waals surface area contributed by atoms with Crippen molar-refractivity contribution in [2.45, 2.75) is 39.7 Å². The minimum absolute atomic E-state index is 0.00406. The highest BCUT2D eigenvalue weighted by Gasteiger charge is 2.11. The quantitative estimate of drug-likeness (QED) is 0.670. The van der Waals surface area contributed by atoms with Gasteiger partial charge in [0, 0.05) is 37.4 Å². The molecule has 0 aliphatic heterocycles. The first-order chi connectivity index (χ1) is 9.98. The van der Waals surface area contributed by atoms with Crippen molar-refractivity contribution in [2.24, 2.45) is 4.99 Å². The molecule has 2 rings (SSSR count).